The highest BCUT2D eigenvalue weighted by Gasteiger charge is 2.25. The summed E-state index contributed by atoms with van der Waals surface area (Å²) in [6.45, 7) is 5.78. The lowest BCUT2D eigenvalue weighted by Crippen LogP contribution is -2.33. The van der Waals surface area contributed by atoms with Crippen LogP contribution in [0.25, 0.3) is 10.9 Å². The number of aromatic amines is 1. The second-order valence-corrected chi connectivity index (χ2v) is 5.98. The molecule has 1 saturated heterocycles. The second kappa shape index (κ2) is 7.16. The van der Waals surface area contributed by atoms with E-state index in [4.69, 9.17) is 9.47 Å². The van der Waals surface area contributed by atoms with E-state index < -0.39 is 0 Å². The molecule has 4 nitrogen and oxygen atoms in total. The topological polar surface area (TPSA) is 37.5 Å². The van der Waals surface area contributed by atoms with Crippen LogP contribution < -0.4 is 4.74 Å². The highest BCUT2D eigenvalue weighted by Crippen LogP contribution is 2.28. The summed E-state index contributed by atoms with van der Waals surface area (Å²) < 4.78 is 10.9. The maximum Gasteiger partial charge on any atom is 0.120 e. The van der Waals surface area contributed by atoms with Gasteiger partial charge in [0.1, 0.15) is 5.75 Å². The quantitative estimate of drug-likeness (QED) is 0.853. The van der Waals surface area contributed by atoms with Crippen molar-refractivity contribution in [2.75, 3.05) is 33.4 Å². The van der Waals surface area contributed by atoms with Gasteiger partial charge in [-0.25, -0.2) is 0 Å². The average Bonchev–Trinajstić information content (AvgIpc) is 3.13. The van der Waals surface area contributed by atoms with Crippen molar-refractivity contribution in [3.63, 3.8) is 0 Å². The third-order valence-electron chi connectivity index (χ3n) is 4.59. The van der Waals surface area contributed by atoms with Crippen LogP contribution >= 0.6 is 0 Å². The fourth-order valence-corrected chi connectivity index (χ4v) is 3.47. The third kappa shape index (κ3) is 3.28. The molecule has 22 heavy (non-hydrogen) atoms. The van der Waals surface area contributed by atoms with E-state index in [1.165, 1.54) is 35.9 Å². The van der Waals surface area contributed by atoms with Crippen molar-refractivity contribution in [3.8, 4) is 5.75 Å². The molecular weight excluding hydrogens is 276 g/mol. The Hall–Kier alpha value is -1.52. The van der Waals surface area contributed by atoms with E-state index in [0.717, 1.165) is 25.3 Å². The SMILES string of the molecule is CCOc1ccc2[nH]cc(C[C@H]3CCCN3CCOC)c2c1. The Morgan fingerprint density at radius 1 is 1.36 bits per heavy atom. The van der Waals surface area contributed by atoms with Gasteiger partial charge in [-0.2, -0.15) is 0 Å². The number of benzene rings is 1. The van der Waals surface area contributed by atoms with Crippen molar-refractivity contribution in [2.24, 2.45) is 0 Å². The molecule has 1 aliphatic rings. The molecule has 4 heteroatoms. The fourth-order valence-electron chi connectivity index (χ4n) is 3.47. The van der Waals surface area contributed by atoms with Gasteiger partial charge in [0.15, 0.2) is 0 Å². The standard InChI is InChI=1S/C18H26N2O2/c1-3-22-16-6-7-18-17(12-16)14(13-19-18)11-15-5-4-8-20(15)9-10-21-2/h6-7,12-13,15,19H,3-5,8-11H2,1-2H3/t15-/m1/s1. The van der Waals surface area contributed by atoms with Crippen molar-refractivity contribution < 1.29 is 9.47 Å². The van der Waals surface area contributed by atoms with Gasteiger partial charge in [0.05, 0.1) is 13.2 Å². The molecule has 0 radical (unpaired) electrons. The highest BCUT2D eigenvalue weighted by atomic mass is 16.5. The zero-order valence-electron chi connectivity index (χ0n) is 13.6. The fraction of sp³-hybridized carbons (Fsp3) is 0.556. The van der Waals surface area contributed by atoms with E-state index in [2.05, 4.69) is 28.2 Å². The average molecular weight is 302 g/mol. The molecule has 0 aliphatic carbocycles. The normalized spacial score (nSPS) is 19.1. The molecule has 1 aromatic carbocycles. The highest BCUT2D eigenvalue weighted by molar-refractivity contribution is 5.84. The Kier molecular flexibility index (Phi) is 5.01. The van der Waals surface area contributed by atoms with Crippen LogP contribution in [0.4, 0.5) is 0 Å². The van der Waals surface area contributed by atoms with Crippen molar-refractivity contribution in [3.05, 3.63) is 30.0 Å². The lowest BCUT2D eigenvalue weighted by atomic mass is 10.0. The molecule has 2 aromatic rings. The molecule has 0 amide bonds. The third-order valence-corrected chi connectivity index (χ3v) is 4.59. The zero-order chi connectivity index (χ0) is 15.4. The summed E-state index contributed by atoms with van der Waals surface area (Å²) in [5.74, 6) is 0.957. The van der Waals surface area contributed by atoms with Gasteiger partial charge in [0.2, 0.25) is 0 Å². The van der Waals surface area contributed by atoms with Gasteiger partial charge >= 0.3 is 0 Å². The molecular formula is C18H26N2O2. The van der Waals surface area contributed by atoms with Gasteiger partial charge in [-0.15, -0.1) is 0 Å². The first-order valence-electron chi connectivity index (χ1n) is 8.27. The number of rotatable bonds is 7. The van der Waals surface area contributed by atoms with E-state index in [9.17, 15) is 0 Å². The Morgan fingerprint density at radius 2 is 2.27 bits per heavy atom. The van der Waals surface area contributed by atoms with Crippen molar-refractivity contribution in [1.29, 1.82) is 0 Å². The number of fused-ring (bicyclic) bond motifs is 1. The van der Waals surface area contributed by atoms with E-state index >= 15 is 0 Å². The number of hydrogen-bond donors (Lipinski definition) is 1. The summed E-state index contributed by atoms with van der Waals surface area (Å²) in [4.78, 5) is 5.95. The number of hydrogen-bond acceptors (Lipinski definition) is 3. The largest absolute Gasteiger partial charge is 0.494 e. The number of nitrogens with zero attached hydrogens (tertiary/aromatic N) is 1. The first-order valence-corrected chi connectivity index (χ1v) is 8.27. The second-order valence-electron chi connectivity index (χ2n) is 5.98. The van der Waals surface area contributed by atoms with Gasteiger partial charge in [0, 0.05) is 36.8 Å². The Labute approximate surface area is 132 Å². The summed E-state index contributed by atoms with van der Waals surface area (Å²) >= 11 is 0. The molecule has 1 N–H and O–H groups in total. The van der Waals surface area contributed by atoms with E-state index in [0.29, 0.717) is 12.6 Å². The van der Waals surface area contributed by atoms with Crippen LogP contribution in [0.2, 0.25) is 0 Å². The Morgan fingerprint density at radius 3 is 3.09 bits per heavy atom. The van der Waals surface area contributed by atoms with Crippen molar-refractivity contribution in [2.45, 2.75) is 32.2 Å². The molecule has 0 unspecified atom stereocenters. The first kappa shape index (κ1) is 15.4. The molecule has 2 heterocycles. The molecule has 1 fully saturated rings. The number of ether oxygens (including phenoxy) is 2. The smallest absolute Gasteiger partial charge is 0.120 e. The number of methoxy groups -OCH3 is 1. The minimum Gasteiger partial charge on any atom is -0.494 e. The van der Waals surface area contributed by atoms with Crippen LogP contribution in [0.3, 0.4) is 0 Å². The molecule has 1 atom stereocenters. The van der Waals surface area contributed by atoms with Crippen LogP contribution in [0.15, 0.2) is 24.4 Å². The molecule has 120 valence electrons. The lowest BCUT2D eigenvalue weighted by molar-refractivity contribution is 0.141. The first-order chi connectivity index (χ1) is 10.8. The van der Waals surface area contributed by atoms with Crippen LogP contribution in [-0.2, 0) is 11.2 Å². The molecule has 0 saturated carbocycles. The van der Waals surface area contributed by atoms with Crippen LogP contribution in [-0.4, -0.2) is 49.3 Å². The van der Waals surface area contributed by atoms with Crippen LogP contribution in [0, 0.1) is 0 Å². The number of nitrogens with one attached hydrogen (secondary N) is 1. The predicted molar refractivity (Wildman–Crippen MR) is 89.6 cm³/mol. The van der Waals surface area contributed by atoms with Gasteiger partial charge in [-0.1, -0.05) is 0 Å². The van der Waals surface area contributed by atoms with Crippen molar-refractivity contribution >= 4 is 10.9 Å². The van der Waals surface area contributed by atoms with Gasteiger partial charge in [-0.3, -0.25) is 4.90 Å². The van der Waals surface area contributed by atoms with Crippen LogP contribution in [0.5, 0.6) is 5.75 Å². The predicted octanol–water partition coefficient (Wildman–Crippen LogP) is 3.22. The molecule has 0 spiro atoms. The molecule has 1 aromatic heterocycles. The van der Waals surface area contributed by atoms with Crippen molar-refractivity contribution in [1.82, 2.24) is 9.88 Å². The lowest BCUT2D eigenvalue weighted by Gasteiger charge is -2.23. The van der Waals surface area contributed by atoms with E-state index in [1.54, 1.807) is 7.11 Å². The van der Waals surface area contributed by atoms with E-state index in [1.807, 2.05) is 13.0 Å². The summed E-state index contributed by atoms with van der Waals surface area (Å²) in [5.41, 5.74) is 2.59. The maximum absolute atomic E-state index is 5.64. The molecule has 1 aliphatic heterocycles. The van der Waals surface area contributed by atoms with Gasteiger partial charge in [-0.05, 0) is 56.5 Å². The Balaban J connectivity index is 1.76. The number of likely N-dealkylation sites (tertiary alicyclic amines) is 1. The van der Waals surface area contributed by atoms with Gasteiger partial charge < -0.3 is 14.5 Å². The Bertz CT molecular complexity index is 608. The summed E-state index contributed by atoms with van der Waals surface area (Å²) in [7, 11) is 1.78. The summed E-state index contributed by atoms with van der Waals surface area (Å²) in [6.07, 6.45) is 5.83. The maximum atomic E-state index is 5.64. The molecule has 0 bridgehead atoms. The minimum atomic E-state index is 0.630. The summed E-state index contributed by atoms with van der Waals surface area (Å²) in [6, 6.07) is 6.94. The minimum absolute atomic E-state index is 0.630. The summed E-state index contributed by atoms with van der Waals surface area (Å²) in [5, 5.41) is 1.30. The number of aromatic nitrogens is 1. The monoisotopic (exact) mass is 302 g/mol. The number of H-pyrrole nitrogens is 1. The van der Waals surface area contributed by atoms with Gasteiger partial charge in [0.25, 0.3) is 0 Å². The zero-order valence-corrected chi connectivity index (χ0v) is 13.6. The van der Waals surface area contributed by atoms with E-state index in [-0.39, 0.29) is 0 Å². The van der Waals surface area contributed by atoms with Crippen LogP contribution in [0.1, 0.15) is 25.3 Å². The molecule has 3 rings (SSSR count).